The molecule has 0 saturated heterocycles. The Morgan fingerprint density at radius 2 is 2.14 bits per heavy atom. The summed E-state index contributed by atoms with van der Waals surface area (Å²) in [6.45, 7) is 9.59. The molecule has 116 valence electrons. The molecule has 0 aromatic carbocycles. The molecular formula is C14H21BrN4OS. The summed E-state index contributed by atoms with van der Waals surface area (Å²) in [5, 5.41) is 8.27. The summed E-state index contributed by atoms with van der Waals surface area (Å²) in [6, 6.07) is 3.95. The first kappa shape index (κ1) is 16.6. The van der Waals surface area contributed by atoms with E-state index in [4.69, 9.17) is 10.2 Å². The summed E-state index contributed by atoms with van der Waals surface area (Å²) in [5.74, 6) is 1.22. The van der Waals surface area contributed by atoms with Gasteiger partial charge in [0, 0.05) is 6.54 Å². The standard InChI is InChI=1S/C14H21BrN4OS/c1-4-19(9-14(2,3)8-16)7-12-17-18-13(20-12)10-5-6-11(15)21-10/h5-6H,4,7-9,16H2,1-3H3. The number of rotatable bonds is 7. The highest BCUT2D eigenvalue weighted by Crippen LogP contribution is 2.30. The van der Waals surface area contributed by atoms with Crippen molar-refractivity contribution in [3.8, 4) is 10.8 Å². The molecule has 2 heterocycles. The minimum Gasteiger partial charge on any atom is -0.419 e. The Morgan fingerprint density at radius 1 is 1.38 bits per heavy atom. The number of hydrogen-bond acceptors (Lipinski definition) is 6. The van der Waals surface area contributed by atoms with Crippen LogP contribution in [0.3, 0.4) is 0 Å². The Morgan fingerprint density at radius 3 is 2.71 bits per heavy atom. The number of halogens is 1. The first-order chi connectivity index (χ1) is 9.93. The minimum atomic E-state index is 0.0808. The van der Waals surface area contributed by atoms with Gasteiger partial charge in [-0.3, -0.25) is 4.90 Å². The monoisotopic (exact) mass is 372 g/mol. The van der Waals surface area contributed by atoms with E-state index in [0.29, 0.717) is 24.9 Å². The molecule has 0 spiro atoms. The molecule has 0 radical (unpaired) electrons. The first-order valence-electron chi connectivity index (χ1n) is 6.94. The zero-order valence-corrected chi connectivity index (χ0v) is 15.0. The molecule has 2 rings (SSSR count). The van der Waals surface area contributed by atoms with Gasteiger partial charge in [0.15, 0.2) is 0 Å². The lowest BCUT2D eigenvalue weighted by molar-refractivity contribution is 0.170. The van der Waals surface area contributed by atoms with Crippen molar-refractivity contribution in [3.63, 3.8) is 0 Å². The van der Waals surface area contributed by atoms with Crippen LogP contribution in [0.5, 0.6) is 0 Å². The number of nitrogens with zero attached hydrogens (tertiary/aromatic N) is 3. The summed E-state index contributed by atoms with van der Waals surface area (Å²) in [4.78, 5) is 3.25. The Hall–Kier alpha value is -0.760. The van der Waals surface area contributed by atoms with Gasteiger partial charge in [-0.05, 0) is 46.6 Å². The number of thiophene rings is 1. The van der Waals surface area contributed by atoms with Crippen molar-refractivity contribution in [3.05, 3.63) is 21.8 Å². The van der Waals surface area contributed by atoms with Crippen molar-refractivity contribution < 1.29 is 4.42 Å². The number of nitrogens with two attached hydrogens (primary N) is 1. The second-order valence-corrected chi connectivity index (χ2v) is 8.24. The van der Waals surface area contributed by atoms with Crippen LogP contribution in [0.25, 0.3) is 10.8 Å². The fourth-order valence-corrected chi connectivity index (χ4v) is 3.29. The van der Waals surface area contributed by atoms with E-state index in [2.05, 4.69) is 51.8 Å². The van der Waals surface area contributed by atoms with Gasteiger partial charge in [-0.2, -0.15) is 0 Å². The van der Waals surface area contributed by atoms with E-state index < -0.39 is 0 Å². The topological polar surface area (TPSA) is 68.2 Å². The van der Waals surface area contributed by atoms with Gasteiger partial charge in [0.25, 0.3) is 5.89 Å². The Labute approximate surface area is 137 Å². The van der Waals surface area contributed by atoms with Crippen LogP contribution in [0.1, 0.15) is 26.7 Å². The molecule has 5 nitrogen and oxygen atoms in total. The highest BCUT2D eigenvalue weighted by molar-refractivity contribution is 9.11. The van der Waals surface area contributed by atoms with Gasteiger partial charge >= 0.3 is 0 Å². The van der Waals surface area contributed by atoms with E-state index in [0.717, 1.165) is 21.8 Å². The van der Waals surface area contributed by atoms with Crippen molar-refractivity contribution >= 4 is 27.3 Å². The summed E-state index contributed by atoms with van der Waals surface area (Å²) < 4.78 is 6.81. The zero-order valence-electron chi connectivity index (χ0n) is 12.6. The van der Waals surface area contributed by atoms with Crippen molar-refractivity contribution in [2.24, 2.45) is 11.1 Å². The maximum atomic E-state index is 5.80. The van der Waals surface area contributed by atoms with E-state index in [1.165, 1.54) is 0 Å². The fourth-order valence-electron chi connectivity index (χ4n) is 1.99. The minimum absolute atomic E-state index is 0.0808. The van der Waals surface area contributed by atoms with E-state index in [1.807, 2.05) is 12.1 Å². The predicted molar refractivity (Wildman–Crippen MR) is 89.1 cm³/mol. The Balaban J connectivity index is 2.04. The van der Waals surface area contributed by atoms with Crippen LogP contribution in [0.4, 0.5) is 0 Å². The fraction of sp³-hybridized carbons (Fsp3) is 0.571. The Kier molecular flexibility index (Phi) is 5.54. The van der Waals surface area contributed by atoms with E-state index >= 15 is 0 Å². The first-order valence-corrected chi connectivity index (χ1v) is 8.55. The van der Waals surface area contributed by atoms with Crippen LogP contribution >= 0.6 is 27.3 Å². The second-order valence-electron chi connectivity index (χ2n) is 5.78. The molecule has 2 N–H and O–H groups in total. The molecule has 0 aliphatic heterocycles. The molecule has 0 fully saturated rings. The molecule has 0 unspecified atom stereocenters. The van der Waals surface area contributed by atoms with Gasteiger partial charge in [0.05, 0.1) is 15.2 Å². The second kappa shape index (κ2) is 7.00. The highest BCUT2D eigenvalue weighted by Gasteiger charge is 2.21. The Bertz CT molecular complexity index is 581. The average molecular weight is 373 g/mol. The third kappa shape index (κ3) is 4.60. The summed E-state index contributed by atoms with van der Waals surface area (Å²) in [6.07, 6.45) is 0. The van der Waals surface area contributed by atoms with Gasteiger partial charge in [0.1, 0.15) is 0 Å². The summed E-state index contributed by atoms with van der Waals surface area (Å²) in [5.41, 5.74) is 5.88. The quantitative estimate of drug-likeness (QED) is 0.806. The van der Waals surface area contributed by atoms with Crippen LogP contribution in [0.15, 0.2) is 20.3 Å². The average Bonchev–Trinajstić information content (AvgIpc) is 3.06. The molecule has 2 aromatic heterocycles. The molecule has 0 amide bonds. The van der Waals surface area contributed by atoms with Crippen molar-refractivity contribution in [2.75, 3.05) is 19.6 Å². The molecule has 7 heteroatoms. The SMILES string of the molecule is CCN(Cc1nnc(-c2ccc(Br)s2)o1)CC(C)(C)CN. The van der Waals surface area contributed by atoms with Gasteiger partial charge in [0.2, 0.25) is 5.89 Å². The maximum Gasteiger partial charge on any atom is 0.257 e. The lowest BCUT2D eigenvalue weighted by Crippen LogP contribution is -2.38. The van der Waals surface area contributed by atoms with Crippen molar-refractivity contribution in [2.45, 2.75) is 27.3 Å². The smallest absolute Gasteiger partial charge is 0.257 e. The molecule has 21 heavy (non-hydrogen) atoms. The predicted octanol–water partition coefficient (Wildman–Crippen LogP) is 3.37. The summed E-state index contributed by atoms with van der Waals surface area (Å²) >= 11 is 5.02. The van der Waals surface area contributed by atoms with Gasteiger partial charge in [-0.15, -0.1) is 21.5 Å². The van der Waals surface area contributed by atoms with E-state index in [9.17, 15) is 0 Å². The van der Waals surface area contributed by atoms with E-state index in [1.54, 1.807) is 11.3 Å². The zero-order chi connectivity index (χ0) is 15.5. The molecule has 0 aliphatic rings. The van der Waals surface area contributed by atoms with Crippen molar-refractivity contribution in [1.29, 1.82) is 0 Å². The van der Waals surface area contributed by atoms with Gasteiger partial charge < -0.3 is 10.2 Å². The number of aromatic nitrogens is 2. The van der Waals surface area contributed by atoms with Crippen LogP contribution < -0.4 is 5.73 Å². The maximum absolute atomic E-state index is 5.80. The third-order valence-corrected chi connectivity index (χ3v) is 4.87. The number of hydrogen-bond donors (Lipinski definition) is 1. The van der Waals surface area contributed by atoms with Gasteiger partial charge in [-0.25, -0.2) is 0 Å². The third-order valence-electron chi connectivity index (χ3n) is 3.26. The normalized spacial score (nSPS) is 12.3. The molecule has 0 atom stereocenters. The van der Waals surface area contributed by atoms with Crippen molar-refractivity contribution in [1.82, 2.24) is 15.1 Å². The molecule has 0 bridgehead atoms. The molecule has 0 saturated carbocycles. The lowest BCUT2D eigenvalue weighted by atomic mass is 9.93. The van der Waals surface area contributed by atoms with Crippen LogP contribution in [0.2, 0.25) is 0 Å². The van der Waals surface area contributed by atoms with Gasteiger partial charge in [-0.1, -0.05) is 20.8 Å². The van der Waals surface area contributed by atoms with Crippen LogP contribution in [0, 0.1) is 5.41 Å². The molecule has 2 aromatic rings. The highest BCUT2D eigenvalue weighted by atomic mass is 79.9. The van der Waals surface area contributed by atoms with Crippen LogP contribution in [-0.2, 0) is 6.54 Å². The van der Waals surface area contributed by atoms with Crippen LogP contribution in [-0.4, -0.2) is 34.7 Å². The molecule has 0 aliphatic carbocycles. The summed E-state index contributed by atoms with van der Waals surface area (Å²) in [7, 11) is 0. The lowest BCUT2D eigenvalue weighted by Gasteiger charge is -2.29. The van der Waals surface area contributed by atoms with E-state index in [-0.39, 0.29) is 5.41 Å². The largest absolute Gasteiger partial charge is 0.419 e. The molecular weight excluding hydrogens is 352 g/mol.